The Kier molecular flexibility index (Phi) is 5.85. The van der Waals surface area contributed by atoms with E-state index < -0.39 is 40.0 Å². The van der Waals surface area contributed by atoms with Crippen LogP contribution in [0.2, 0.25) is 0 Å². The summed E-state index contributed by atoms with van der Waals surface area (Å²) in [4.78, 5) is 24.0. The molecule has 1 heterocycles. The maximum atomic E-state index is 13.2. The van der Waals surface area contributed by atoms with Crippen LogP contribution in [0.4, 0.5) is 8.78 Å². The van der Waals surface area contributed by atoms with Crippen LogP contribution in [0.1, 0.15) is 33.6 Å². The fourth-order valence-electron chi connectivity index (χ4n) is 2.81. The normalized spacial score (nSPS) is 14.8. The first-order chi connectivity index (χ1) is 13.3. The Hall–Kier alpha value is -2.65. The van der Waals surface area contributed by atoms with Crippen LogP contribution in [-0.2, 0) is 14.8 Å². The van der Waals surface area contributed by atoms with Crippen molar-refractivity contribution in [1.29, 1.82) is 0 Å². The number of nitrogens with zero attached hydrogens (tertiary/aromatic N) is 1. The average molecular weight is 409 g/mol. The molecule has 6 nitrogen and oxygen atoms in total. The number of esters is 1. The van der Waals surface area contributed by atoms with Crippen molar-refractivity contribution in [3.63, 3.8) is 0 Å². The maximum absolute atomic E-state index is 13.2. The third-order valence-electron chi connectivity index (χ3n) is 4.37. The van der Waals surface area contributed by atoms with E-state index >= 15 is 0 Å². The van der Waals surface area contributed by atoms with Crippen LogP contribution in [0.25, 0.3) is 0 Å². The van der Waals surface area contributed by atoms with Gasteiger partial charge in [0.2, 0.25) is 10.0 Å². The summed E-state index contributed by atoms with van der Waals surface area (Å²) in [5, 5.41) is 0. The predicted octanol–water partition coefficient (Wildman–Crippen LogP) is 2.79. The van der Waals surface area contributed by atoms with E-state index in [9.17, 15) is 26.8 Å². The second kappa shape index (κ2) is 8.15. The van der Waals surface area contributed by atoms with Crippen molar-refractivity contribution in [2.24, 2.45) is 0 Å². The van der Waals surface area contributed by atoms with Gasteiger partial charge in [-0.1, -0.05) is 0 Å². The molecule has 1 aliphatic heterocycles. The fraction of sp³-hybridized carbons (Fsp3) is 0.263. The number of ketones is 1. The molecule has 1 saturated heterocycles. The summed E-state index contributed by atoms with van der Waals surface area (Å²) < 4.78 is 57.2. The lowest BCUT2D eigenvalue weighted by Gasteiger charge is -2.15. The smallest absolute Gasteiger partial charge is 0.338 e. The van der Waals surface area contributed by atoms with Crippen LogP contribution in [0, 0.1) is 11.6 Å². The number of carbonyl (C=O) groups is 2. The number of Topliss-reactive ketones (excluding diaryl/α,β-unsaturated/α-hetero) is 1. The third-order valence-corrected chi connectivity index (χ3v) is 6.28. The first kappa shape index (κ1) is 20.1. The first-order valence-corrected chi connectivity index (χ1v) is 9.98. The number of carbonyl (C=O) groups excluding carboxylic acids is 2. The highest BCUT2D eigenvalue weighted by Crippen LogP contribution is 2.21. The van der Waals surface area contributed by atoms with Gasteiger partial charge in [-0.3, -0.25) is 4.79 Å². The monoisotopic (exact) mass is 409 g/mol. The van der Waals surface area contributed by atoms with Gasteiger partial charge in [0, 0.05) is 18.7 Å². The van der Waals surface area contributed by atoms with Gasteiger partial charge in [0.25, 0.3) is 0 Å². The Bertz CT molecular complexity index is 999. The van der Waals surface area contributed by atoms with Gasteiger partial charge in [0.1, 0.15) is 0 Å². The molecule has 2 aromatic rings. The number of rotatable bonds is 6. The summed E-state index contributed by atoms with van der Waals surface area (Å²) in [5.41, 5.74) is -0.0581. The molecular formula is C19H17F2NO5S. The molecule has 9 heteroatoms. The minimum Gasteiger partial charge on any atom is -0.454 e. The zero-order valence-corrected chi connectivity index (χ0v) is 15.5. The Balaban J connectivity index is 1.63. The number of sulfonamides is 1. The van der Waals surface area contributed by atoms with Gasteiger partial charge < -0.3 is 4.74 Å². The Morgan fingerprint density at radius 1 is 0.929 bits per heavy atom. The van der Waals surface area contributed by atoms with E-state index in [1.165, 1.54) is 28.6 Å². The van der Waals surface area contributed by atoms with Gasteiger partial charge in [-0.25, -0.2) is 22.0 Å². The minimum atomic E-state index is -3.59. The summed E-state index contributed by atoms with van der Waals surface area (Å²) in [6.45, 7) is 0.286. The lowest BCUT2D eigenvalue weighted by Crippen LogP contribution is -2.27. The van der Waals surface area contributed by atoms with Crippen LogP contribution in [0.15, 0.2) is 47.4 Å². The molecule has 0 amide bonds. The van der Waals surface area contributed by atoms with Gasteiger partial charge >= 0.3 is 5.97 Å². The summed E-state index contributed by atoms with van der Waals surface area (Å²) >= 11 is 0. The molecule has 0 saturated carbocycles. The number of hydrogen-bond donors (Lipinski definition) is 0. The summed E-state index contributed by atoms with van der Waals surface area (Å²) in [7, 11) is -3.59. The van der Waals surface area contributed by atoms with Crippen molar-refractivity contribution in [3.05, 3.63) is 65.2 Å². The van der Waals surface area contributed by atoms with E-state index in [-0.39, 0.29) is 16.0 Å². The Labute approximate surface area is 160 Å². The molecule has 0 unspecified atom stereocenters. The number of halogens is 2. The zero-order valence-electron chi connectivity index (χ0n) is 14.7. The molecule has 0 atom stereocenters. The highest BCUT2D eigenvalue weighted by molar-refractivity contribution is 7.89. The highest BCUT2D eigenvalue weighted by atomic mass is 32.2. The molecule has 0 aromatic heterocycles. The van der Waals surface area contributed by atoms with Crippen LogP contribution >= 0.6 is 0 Å². The van der Waals surface area contributed by atoms with Gasteiger partial charge in [0.05, 0.1) is 10.5 Å². The number of hydrogen-bond acceptors (Lipinski definition) is 5. The standard InChI is InChI=1S/C19H17F2NO5S/c20-16-8-5-14(11-17(16)21)18(23)12-27-19(24)13-3-6-15(7-4-13)28(25,26)22-9-1-2-10-22/h3-8,11H,1-2,9-10,12H2. The minimum absolute atomic E-state index is 0.0680. The number of benzene rings is 2. The second-order valence-electron chi connectivity index (χ2n) is 6.26. The van der Waals surface area contributed by atoms with Crippen molar-refractivity contribution in [1.82, 2.24) is 4.31 Å². The van der Waals surface area contributed by atoms with E-state index in [4.69, 9.17) is 4.74 Å². The summed E-state index contributed by atoms with van der Waals surface area (Å²) in [5.74, 6) is -3.79. The predicted molar refractivity (Wildman–Crippen MR) is 95.4 cm³/mol. The van der Waals surface area contributed by atoms with E-state index in [0.29, 0.717) is 13.1 Å². The molecule has 3 rings (SSSR count). The largest absolute Gasteiger partial charge is 0.454 e. The lowest BCUT2D eigenvalue weighted by molar-refractivity contribution is 0.0474. The second-order valence-corrected chi connectivity index (χ2v) is 8.20. The molecular weight excluding hydrogens is 392 g/mol. The summed E-state index contributed by atoms with van der Waals surface area (Å²) in [6.07, 6.45) is 1.63. The van der Waals surface area contributed by atoms with E-state index in [1.54, 1.807) is 0 Å². The Morgan fingerprint density at radius 2 is 1.54 bits per heavy atom. The molecule has 1 aliphatic rings. The van der Waals surface area contributed by atoms with Crippen LogP contribution in [0.3, 0.4) is 0 Å². The van der Waals surface area contributed by atoms with Crippen molar-refractivity contribution >= 4 is 21.8 Å². The highest BCUT2D eigenvalue weighted by Gasteiger charge is 2.27. The van der Waals surface area contributed by atoms with Gasteiger partial charge in [-0.05, 0) is 55.3 Å². The molecule has 0 aliphatic carbocycles. The van der Waals surface area contributed by atoms with Gasteiger partial charge in [-0.2, -0.15) is 4.31 Å². The average Bonchev–Trinajstić information content (AvgIpc) is 3.24. The molecule has 28 heavy (non-hydrogen) atoms. The Morgan fingerprint density at radius 3 is 2.14 bits per heavy atom. The van der Waals surface area contributed by atoms with Crippen molar-refractivity contribution in [2.75, 3.05) is 19.7 Å². The molecule has 2 aromatic carbocycles. The van der Waals surface area contributed by atoms with Crippen molar-refractivity contribution < 1.29 is 31.5 Å². The maximum Gasteiger partial charge on any atom is 0.338 e. The first-order valence-electron chi connectivity index (χ1n) is 8.54. The van der Waals surface area contributed by atoms with Crippen LogP contribution in [0.5, 0.6) is 0 Å². The molecule has 1 fully saturated rings. The van der Waals surface area contributed by atoms with Crippen LogP contribution < -0.4 is 0 Å². The molecule has 0 bridgehead atoms. The zero-order chi connectivity index (χ0) is 20.3. The van der Waals surface area contributed by atoms with Gasteiger partial charge in [0.15, 0.2) is 24.0 Å². The van der Waals surface area contributed by atoms with Crippen molar-refractivity contribution in [3.8, 4) is 0 Å². The molecule has 148 valence electrons. The molecule has 0 N–H and O–H groups in total. The third kappa shape index (κ3) is 4.26. The van der Waals surface area contributed by atoms with Gasteiger partial charge in [-0.15, -0.1) is 0 Å². The van der Waals surface area contributed by atoms with E-state index in [2.05, 4.69) is 0 Å². The van der Waals surface area contributed by atoms with E-state index in [0.717, 1.165) is 31.0 Å². The van der Waals surface area contributed by atoms with Crippen LogP contribution in [-0.4, -0.2) is 44.2 Å². The summed E-state index contributed by atoms with van der Waals surface area (Å²) in [6, 6.07) is 7.84. The fourth-order valence-corrected chi connectivity index (χ4v) is 4.32. The van der Waals surface area contributed by atoms with Crippen molar-refractivity contribution in [2.45, 2.75) is 17.7 Å². The lowest BCUT2D eigenvalue weighted by atomic mass is 10.1. The van der Waals surface area contributed by atoms with E-state index in [1.807, 2.05) is 0 Å². The quantitative estimate of drug-likeness (QED) is 0.541. The number of ether oxygens (including phenoxy) is 1. The molecule has 0 spiro atoms. The topological polar surface area (TPSA) is 80.8 Å². The molecule has 0 radical (unpaired) electrons. The SMILES string of the molecule is O=C(COC(=O)c1ccc(S(=O)(=O)N2CCCC2)cc1)c1ccc(F)c(F)c1.